The van der Waals surface area contributed by atoms with Gasteiger partial charge in [-0.05, 0) is 30.5 Å². The van der Waals surface area contributed by atoms with E-state index in [2.05, 4.69) is 21.2 Å². The van der Waals surface area contributed by atoms with Gasteiger partial charge in [-0.2, -0.15) is 0 Å². The van der Waals surface area contributed by atoms with Gasteiger partial charge < -0.3 is 15.3 Å². The molecule has 0 aromatic heterocycles. The third kappa shape index (κ3) is 5.06. The van der Waals surface area contributed by atoms with E-state index in [4.69, 9.17) is 5.11 Å². The number of halogens is 1. The summed E-state index contributed by atoms with van der Waals surface area (Å²) in [5, 5.41) is 11.8. The van der Waals surface area contributed by atoms with Gasteiger partial charge in [-0.1, -0.05) is 28.1 Å². The second-order valence-electron chi connectivity index (χ2n) is 5.99. The normalized spacial score (nSPS) is 18.2. The molecule has 0 bridgehead atoms. The Kier molecular flexibility index (Phi) is 6.36. The number of carbonyl (C=O) groups excluding carboxylic acids is 2. The van der Waals surface area contributed by atoms with Crippen molar-refractivity contribution in [2.24, 2.45) is 0 Å². The third-order valence-electron chi connectivity index (χ3n) is 4.14. The molecule has 2 rings (SSSR count). The second kappa shape index (κ2) is 8.28. The molecule has 0 aliphatic carbocycles. The summed E-state index contributed by atoms with van der Waals surface area (Å²) in [5.74, 6) is -1.23. The maximum Gasteiger partial charge on any atom is 0.305 e. The molecule has 6 nitrogen and oxygen atoms in total. The summed E-state index contributed by atoms with van der Waals surface area (Å²) in [6.45, 7) is 1.99. The Morgan fingerprint density at radius 2 is 2.00 bits per heavy atom. The molecule has 2 N–H and O–H groups in total. The first kappa shape index (κ1) is 18.4. The van der Waals surface area contributed by atoms with Crippen LogP contribution in [0, 0.1) is 0 Å². The van der Waals surface area contributed by atoms with E-state index in [-0.39, 0.29) is 30.7 Å². The van der Waals surface area contributed by atoms with Crippen molar-refractivity contribution in [2.75, 3.05) is 6.54 Å². The van der Waals surface area contributed by atoms with E-state index < -0.39 is 12.0 Å². The van der Waals surface area contributed by atoms with Crippen LogP contribution in [0.2, 0.25) is 0 Å². The number of nitrogens with zero attached hydrogens (tertiary/aromatic N) is 1. The molecule has 24 heavy (non-hydrogen) atoms. The van der Waals surface area contributed by atoms with Gasteiger partial charge in [0.1, 0.15) is 0 Å². The van der Waals surface area contributed by atoms with Gasteiger partial charge in [0.15, 0.2) is 0 Å². The lowest BCUT2D eigenvalue weighted by atomic mass is 10.0. The molecule has 1 saturated heterocycles. The Morgan fingerprint density at radius 1 is 1.33 bits per heavy atom. The molecule has 1 heterocycles. The molecule has 0 radical (unpaired) electrons. The first-order valence-electron chi connectivity index (χ1n) is 7.90. The van der Waals surface area contributed by atoms with E-state index in [1.807, 2.05) is 24.3 Å². The van der Waals surface area contributed by atoms with Crippen LogP contribution in [0.1, 0.15) is 44.2 Å². The zero-order valence-corrected chi connectivity index (χ0v) is 15.1. The van der Waals surface area contributed by atoms with E-state index in [0.29, 0.717) is 13.0 Å². The topological polar surface area (TPSA) is 86.7 Å². The molecule has 1 aromatic rings. The van der Waals surface area contributed by atoms with Gasteiger partial charge in [0.05, 0.1) is 18.9 Å². The quantitative estimate of drug-likeness (QED) is 0.772. The number of hydrogen-bond acceptors (Lipinski definition) is 3. The zero-order valence-electron chi connectivity index (χ0n) is 13.5. The predicted octanol–water partition coefficient (Wildman–Crippen LogP) is 2.48. The van der Waals surface area contributed by atoms with Crippen LogP contribution in [0.25, 0.3) is 0 Å². The molecular formula is C17H21BrN2O4. The average Bonchev–Trinajstić information content (AvgIpc) is 2.94. The molecule has 1 aliphatic rings. The lowest BCUT2D eigenvalue weighted by Crippen LogP contribution is -2.39. The number of hydrogen-bond donors (Lipinski definition) is 2. The van der Waals surface area contributed by atoms with Crippen molar-refractivity contribution >= 4 is 33.7 Å². The number of likely N-dealkylation sites (tertiary alicyclic amines) is 1. The van der Waals surface area contributed by atoms with Crippen molar-refractivity contribution in [3.05, 3.63) is 34.3 Å². The highest BCUT2D eigenvalue weighted by molar-refractivity contribution is 9.10. The molecule has 2 atom stereocenters. The Morgan fingerprint density at radius 3 is 2.58 bits per heavy atom. The first-order valence-corrected chi connectivity index (χ1v) is 8.70. The maximum absolute atomic E-state index is 12.6. The largest absolute Gasteiger partial charge is 0.481 e. The highest BCUT2D eigenvalue weighted by Gasteiger charge is 2.31. The van der Waals surface area contributed by atoms with Gasteiger partial charge >= 0.3 is 5.97 Å². The Balaban J connectivity index is 2.10. The fourth-order valence-corrected chi connectivity index (χ4v) is 3.33. The lowest BCUT2D eigenvalue weighted by Gasteiger charge is -2.26. The minimum absolute atomic E-state index is 0.0329. The van der Waals surface area contributed by atoms with Crippen LogP contribution in [-0.2, 0) is 14.4 Å². The van der Waals surface area contributed by atoms with E-state index in [1.54, 1.807) is 4.90 Å². The summed E-state index contributed by atoms with van der Waals surface area (Å²) >= 11 is 3.36. The number of nitrogens with one attached hydrogen (secondary N) is 1. The van der Waals surface area contributed by atoms with Crippen LogP contribution < -0.4 is 5.32 Å². The fraction of sp³-hybridized carbons (Fsp3) is 0.471. The lowest BCUT2D eigenvalue weighted by molar-refractivity contribution is -0.140. The third-order valence-corrected chi connectivity index (χ3v) is 4.67. The number of carboxylic acid groups (broad SMARTS) is 1. The van der Waals surface area contributed by atoms with Crippen LogP contribution in [0.5, 0.6) is 0 Å². The fourth-order valence-electron chi connectivity index (χ4n) is 3.06. The van der Waals surface area contributed by atoms with E-state index in [0.717, 1.165) is 16.5 Å². The van der Waals surface area contributed by atoms with Crippen molar-refractivity contribution in [2.45, 2.75) is 44.7 Å². The van der Waals surface area contributed by atoms with Gasteiger partial charge in [-0.3, -0.25) is 14.4 Å². The molecule has 1 aromatic carbocycles. The molecule has 130 valence electrons. The number of aliphatic carboxylic acids is 1. The molecule has 0 spiro atoms. The summed E-state index contributed by atoms with van der Waals surface area (Å²) in [7, 11) is 0. The Labute approximate surface area is 149 Å². The van der Waals surface area contributed by atoms with E-state index >= 15 is 0 Å². The highest BCUT2D eigenvalue weighted by atomic mass is 79.9. The van der Waals surface area contributed by atoms with Crippen molar-refractivity contribution in [1.29, 1.82) is 0 Å². The number of carboxylic acids is 1. The van der Waals surface area contributed by atoms with Crippen molar-refractivity contribution in [1.82, 2.24) is 10.2 Å². The summed E-state index contributed by atoms with van der Waals surface area (Å²) in [4.78, 5) is 36.7. The van der Waals surface area contributed by atoms with Crippen LogP contribution in [0.15, 0.2) is 28.7 Å². The molecule has 0 saturated carbocycles. The molecule has 1 aliphatic heterocycles. The van der Waals surface area contributed by atoms with E-state index in [9.17, 15) is 14.4 Å². The number of amides is 2. The summed E-state index contributed by atoms with van der Waals surface area (Å²) < 4.78 is 0.917. The van der Waals surface area contributed by atoms with Crippen LogP contribution in [0.4, 0.5) is 0 Å². The minimum atomic E-state index is -0.897. The van der Waals surface area contributed by atoms with Gasteiger partial charge in [0, 0.05) is 24.0 Å². The first-order chi connectivity index (χ1) is 11.4. The maximum atomic E-state index is 12.6. The van der Waals surface area contributed by atoms with Gasteiger partial charge in [0.2, 0.25) is 11.8 Å². The Hall–Kier alpha value is -1.89. The summed E-state index contributed by atoms with van der Waals surface area (Å²) in [6.07, 6.45) is 1.61. The molecule has 2 amide bonds. The standard InChI is InChI=1S/C17H21BrN2O4/c1-11(21)19-15(12-4-6-13(18)7-5-12)10-16(22)20-8-2-3-14(20)9-17(23)24/h4-7,14-15H,2-3,8-10H2,1H3,(H,19,21)(H,23,24). The highest BCUT2D eigenvalue weighted by Crippen LogP contribution is 2.25. The molecule has 2 unspecified atom stereocenters. The monoisotopic (exact) mass is 396 g/mol. The number of rotatable bonds is 6. The predicted molar refractivity (Wildman–Crippen MR) is 92.3 cm³/mol. The Bertz CT molecular complexity index is 618. The number of benzene rings is 1. The van der Waals surface area contributed by atoms with Crippen molar-refractivity contribution in [3.63, 3.8) is 0 Å². The van der Waals surface area contributed by atoms with Gasteiger partial charge in [-0.15, -0.1) is 0 Å². The van der Waals surface area contributed by atoms with Crippen molar-refractivity contribution < 1.29 is 19.5 Å². The van der Waals surface area contributed by atoms with Gasteiger partial charge in [-0.25, -0.2) is 0 Å². The SMILES string of the molecule is CC(=O)NC(CC(=O)N1CCCC1CC(=O)O)c1ccc(Br)cc1. The second-order valence-corrected chi connectivity index (χ2v) is 6.91. The summed E-state index contributed by atoms with van der Waals surface area (Å²) in [6, 6.07) is 6.76. The summed E-state index contributed by atoms with van der Waals surface area (Å²) in [5.41, 5.74) is 0.843. The van der Waals surface area contributed by atoms with Crippen molar-refractivity contribution in [3.8, 4) is 0 Å². The van der Waals surface area contributed by atoms with Crippen LogP contribution in [-0.4, -0.2) is 40.4 Å². The van der Waals surface area contributed by atoms with E-state index in [1.165, 1.54) is 6.92 Å². The smallest absolute Gasteiger partial charge is 0.305 e. The zero-order chi connectivity index (χ0) is 17.7. The van der Waals surface area contributed by atoms with Crippen LogP contribution >= 0.6 is 15.9 Å². The van der Waals surface area contributed by atoms with Gasteiger partial charge in [0.25, 0.3) is 0 Å². The molecule has 7 heteroatoms. The molecule has 1 fully saturated rings. The number of carbonyl (C=O) groups is 3. The average molecular weight is 397 g/mol. The van der Waals surface area contributed by atoms with Crippen LogP contribution in [0.3, 0.4) is 0 Å². The minimum Gasteiger partial charge on any atom is -0.481 e. The molecular weight excluding hydrogens is 376 g/mol.